The molecule has 0 saturated heterocycles. The van der Waals surface area contributed by atoms with Gasteiger partial charge in [0.2, 0.25) is 0 Å². The highest BCUT2D eigenvalue weighted by atomic mass is 35.5. The Morgan fingerprint density at radius 3 is 2.86 bits per heavy atom. The van der Waals surface area contributed by atoms with Gasteiger partial charge in [0.05, 0.1) is 23.4 Å². The molecule has 1 aromatic carbocycles. The molecule has 1 aromatic heterocycles. The molecule has 1 fully saturated rings. The molecule has 0 aliphatic heterocycles. The number of carbonyl (C=O) groups is 1. The monoisotopic (exact) mass is 336 g/mol. The maximum atomic E-state index is 12.3. The zero-order valence-electron chi connectivity index (χ0n) is 12.0. The first kappa shape index (κ1) is 15.5. The lowest BCUT2D eigenvalue weighted by atomic mass is 9.92. The summed E-state index contributed by atoms with van der Waals surface area (Å²) in [4.78, 5) is 17.1. The van der Waals surface area contributed by atoms with Crippen molar-refractivity contribution >= 4 is 28.8 Å². The second kappa shape index (κ2) is 6.77. The van der Waals surface area contributed by atoms with Gasteiger partial charge in [-0.1, -0.05) is 42.6 Å². The topological polar surface area (TPSA) is 62.2 Å². The van der Waals surface area contributed by atoms with Gasteiger partial charge in [-0.05, 0) is 18.9 Å². The van der Waals surface area contributed by atoms with E-state index in [4.69, 9.17) is 11.6 Å². The number of thiazole rings is 1. The lowest BCUT2D eigenvalue weighted by Crippen LogP contribution is -2.44. The Morgan fingerprint density at radius 2 is 2.09 bits per heavy atom. The molecular weight excluding hydrogens is 320 g/mol. The molecule has 1 aliphatic carbocycles. The minimum atomic E-state index is -0.450. The molecule has 0 bridgehead atoms. The largest absolute Gasteiger partial charge is 0.391 e. The van der Waals surface area contributed by atoms with Crippen LogP contribution in [0.3, 0.4) is 0 Å². The van der Waals surface area contributed by atoms with Crippen molar-refractivity contribution in [2.24, 2.45) is 0 Å². The zero-order valence-corrected chi connectivity index (χ0v) is 13.5. The van der Waals surface area contributed by atoms with Crippen LogP contribution in [0.4, 0.5) is 0 Å². The molecule has 2 N–H and O–H groups in total. The van der Waals surface area contributed by atoms with Crippen molar-refractivity contribution in [3.05, 3.63) is 40.4 Å². The highest BCUT2D eigenvalue weighted by molar-refractivity contribution is 7.17. The van der Waals surface area contributed by atoms with Gasteiger partial charge in [-0.25, -0.2) is 4.98 Å². The van der Waals surface area contributed by atoms with Crippen molar-refractivity contribution < 1.29 is 9.90 Å². The number of nitrogens with one attached hydrogen (secondary N) is 1. The highest BCUT2D eigenvalue weighted by Gasteiger charge is 2.25. The number of hydrogen-bond acceptors (Lipinski definition) is 4. The Balaban J connectivity index is 1.73. The number of benzene rings is 1. The highest BCUT2D eigenvalue weighted by Crippen LogP contribution is 2.31. The molecule has 1 heterocycles. The Kier molecular flexibility index (Phi) is 4.76. The van der Waals surface area contributed by atoms with Crippen molar-refractivity contribution in [2.75, 3.05) is 0 Å². The van der Waals surface area contributed by atoms with Crippen LogP contribution in [-0.2, 0) is 0 Å². The molecule has 0 spiro atoms. The number of amides is 1. The summed E-state index contributed by atoms with van der Waals surface area (Å²) in [5, 5.41) is 14.2. The fourth-order valence-electron chi connectivity index (χ4n) is 2.66. The summed E-state index contributed by atoms with van der Waals surface area (Å²) in [5.41, 5.74) is 0.825. The van der Waals surface area contributed by atoms with Crippen LogP contribution in [0, 0.1) is 0 Å². The minimum absolute atomic E-state index is 0.160. The molecule has 116 valence electrons. The van der Waals surface area contributed by atoms with Crippen LogP contribution in [0.2, 0.25) is 5.02 Å². The summed E-state index contributed by atoms with van der Waals surface area (Å²) in [6.07, 6.45) is 4.74. The second-order valence-electron chi connectivity index (χ2n) is 5.44. The van der Waals surface area contributed by atoms with Crippen LogP contribution >= 0.6 is 22.9 Å². The molecule has 2 aromatic rings. The van der Waals surface area contributed by atoms with Gasteiger partial charge >= 0.3 is 0 Å². The van der Waals surface area contributed by atoms with E-state index in [2.05, 4.69) is 10.3 Å². The Morgan fingerprint density at radius 1 is 1.32 bits per heavy atom. The lowest BCUT2D eigenvalue weighted by Gasteiger charge is -2.28. The summed E-state index contributed by atoms with van der Waals surface area (Å²) in [6, 6.07) is 7.27. The van der Waals surface area contributed by atoms with Gasteiger partial charge in [0, 0.05) is 5.56 Å². The van der Waals surface area contributed by atoms with Crippen molar-refractivity contribution in [2.45, 2.75) is 37.8 Å². The lowest BCUT2D eigenvalue weighted by molar-refractivity contribution is 0.0720. The average Bonchev–Trinajstić information content (AvgIpc) is 3.00. The van der Waals surface area contributed by atoms with Gasteiger partial charge in [0.1, 0.15) is 9.88 Å². The summed E-state index contributed by atoms with van der Waals surface area (Å²) in [7, 11) is 0. The summed E-state index contributed by atoms with van der Waals surface area (Å²) < 4.78 is 0. The van der Waals surface area contributed by atoms with E-state index < -0.39 is 6.10 Å². The first-order valence-electron chi connectivity index (χ1n) is 7.35. The van der Waals surface area contributed by atoms with Gasteiger partial charge in [0.25, 0.3) is 5.91 Å². The third kappa shape index (κ3) is 3.32. The Bertz CT molecular complexity index is 674. The third-order valence-electron chi connectivity index (χ3n) is 3.88. The van der Waals surface area contributed by atoms with E-state index in [1.165, 1.54) is 11.3 Å². The van der Waals surface area contributed by atoms with Crippen molar-refractivity contribution in [3.63, 3.8) is 0 Å². The Hall–Kier alpha value is -1.43. The molecule has 2 atom stereocenters. The fraction of sp³-hybridized carbons (Fsp3) is 0.375. The van der Waals surface area contributed by atoms with Gasteiger partial charge in [-0.2, -0.15) is 0 Å². The normalized spacial score (nSPS) is 21.5. The minimum Gasteiger partial charge on any atom is -0.391 e. The van der Waals surface area contributed by atoms with Crippen LogP contribution in [0.5, 0.6) is 0 Å². The average molecular weight is 337 g/mol. The van der Waals surface area contributed by atoms with Gasteiger partial charge in [0.15, 0.2) is 0 Å². The van der Waals surface area contributed by atoms with Crippen LogP contribution in [0.15, 0.2) is 30.5 Å². The molecule has 22 heavy (non-hydrogen) atoms. The van der Waals surface area contributed by atoms with E-state index in [-0.39, 0.29) is 11.9 Å². The first-order chi connectivity index (χ1) is 10.6. The van der Waals surface area contributed by atoms with Crippen molar-refractivity contribution in [1.82, 2.24) is 10.3 Å². The third-order valence-corrected chi connectivity index (χ3v) is 5.24. The van der Waals surface area contributed by atoms with E-state index in [1.807, 2.05) is 18.2 Å². The molecule has 3 rings (SSSR count). The maximum absolute atomic E-state index is 12.3. The number of aliphatic hydroxyl groups is 1. The second-order valence-corrected chi connectivity index (χ2v) is 6.88. The van der Waals surface area contributed by atoms with Gasteiger partial charge in [-0.3, -0.25) is 4.79 Å². The molecule has 1 saturated carbocycles. The molecular formula is C16H17ClN2O2S. The maximum Gasteiger partial charge on any atom is 0.263 e. The summed E-state index contributed by atoms with van der Waals surface area (Å²) in [6.45, 7) is 0. The molecule has 1 amide bonds. The number of aliphatic hydroxyl groups excluding tert-OH is 1. The van der Waals surface area contributed by atoms with E-state index in [0.717, 1.165) is 36.3 Å². The fourth-order valence-corrected chi connectivity index (χ4v) is 3.80. The van der Waals surface area contributed by atoms with Crippen LogP contribution in [-0.4, -0.2) is 28.1 Å². The number of rotatable bonds is 3. The van der Waals surface area contributed by atoms with E-state index in [1.54, 1.807) is 12.3 Å². The number of halogens is 1. The van der Waals surface area contributed by atoms with Crippen molar-refractivity contribution in [3.8, 4) is 10.6 Å². The quantitative estimate of drug-likeness (QED) is 0.901. The molecule has 0 radical (unpaired) electrons. The molecule has 4 nitrogen and oxygen atoms in total. The zero-order chi connectivity index (χ0) is 15.5. The predicted molar refractivity (Wildman–Crippen MR) is 88.3 cm³/mol. The summed E-state index contributed by atoms with van der Waals surface area (Å²) >= 11 is 7.46. The molecule has 1 aliphatic rings. The van der Waals surface area contributed by atoms with Crippen molar-refractivity contribution in [1.29, 1.82) is 0 Å². The van der Waals surface area contributed by atoms with E-state index in [0.29, 0.717) is 9.90 Å². The number of carbonyl (C=O) groups excluding carboxylic acids is 1. The summed E-state index contributed by atoms with van der Waals surface area (Å²) in [5.74, 6) is -0.179. The molecule has 2 unspecified atom stereocenters. The Labute approximate surface area is 138 Å². The first-order valence-corrected chi connectivity index (χ1v) is 8.54. The van der Waals surface area contributed by atoms with Crippen LogP contribution in [0.25, 0.3) is 10.6 Å². The number of hydrogen-bond donors (Lipinski definition) is 2. The number of nitrogens with zero attached hydrogens (tertiary/aromatic N) is 1. The van der Waals surface area contributed by atoms with Gasteiger partial charge < -0.3 is 10.4 Å². The molecule has 6 heteroatoms. The van der Waals surface area contributed by atoms with E-state index in [9.17, 15) is 9.90 Å². The van der Waals surface area contributed by atoms with Crippen LogP contribution in [0.1, 0.15) is 35.4 Å². The number of aromatic nitrogens is 1. The van der Waals surface area contributed by atoms with Gasteiger partial charge in [-0.15, -0.1) is 11.3 Å². The predicted octanol–water partition coefficient (Wildman–Crippen LogP) is 3.50. The van der Waals surface area contributed by atoms with E-state index >= 15 is 0 Å². The SMILES string of the molecule is O=C(NC1CCCCC1O)c1cnc(-c2ccccc2Cl)s1. The smallest absolute Gasteiger partial charge is 0.263 e. The standard InChI is InChI=1S/C16H17ClN2O2S/c17-11-6-2-1-5-10(11)16-18-9-14(22-16)15(21)19-12-7-3-4-8-13(12)20/h1-2,5-6,9,12-13,20H,3-4,7-8H2,(H,19,21). The van der Waals surface area contributed by atoms with Crippen LogP contribution < -0.4 is 5.32 Å².